The highest BCUT2D eigenvalue weighted by atomic mass is 35.5. The minimum Gasteiger partial charge on any atom is -0.493 e. The van der Waals surface area contributed by atoms with E-state index in [4.69, 9.17) is 20.8 Å². The summed E-state index contributed by atoms with van der Waals surface area (Å²) in [6, 6.07) is 17.0. The average Bonchev–Trinajstić information content (AvgIpc) is 3.15. The third-order valence-electron chi connectivity index (χ3n) is 4.61. The molecule has 3 rings (SSSR count). The first-order valence-electron chi connectivity index (χ1n) is 9.71. The molecule has 2 aromatic carbocycles. The second-order valence-electron chi connectivity index (χ2n) is 6.82. The highest BCUT2D eigenvalue weighted by molar-refractivity contribution is 6.62. The van der Waals surface area contributed by atoms with E-state index in [1.165, 1.54) is 12.0 Å². The third-order valence-corrected chi connectivity index (χ3v) is 4.85. The van der Waals surface area contributed by atoms with E-state index in [1.807, 2.05) is 49.4 Å². The Balaban J connectivity index is 1.53. The predicted octanol–water partition coefficient (Wildman–Crippen LogP) is 4.61. The highest BCUT2D eigenvalue weighted by Gasteiger charge is 2.16. The number of hydrogen-bond acceptors (Lipinski definition) is 6. The fourth-order valence-electron chi connectivity index (χ4n) is 2.94. The summed E-state index contributed by atoms with van der Waals surface area (Å²) in [6.07, 6.45) is 0.609. The molecule has 7 nitrogen and oxygen atoms in total. The summed E-state index contributed by atoms with van der Waals surface area (Å²) in [7, 11) is 1.26. The van der Waals surface area contributed by atoms with Crippen molar-refractivity contribution in [3.8, 4) is 17.2 Å². The van der Waals surface area contributed by atoms with E-state index >= 15 is 0 Å². The summed E-state index contributed by atoms with van der Waals surface area (Å²) in [4.78, 5) is 28.7. The van der Waals surface area contributed by atoms with Gasteiger partial charge in [0, 0.05) is 18.5 Å². The molecule has 0 bridgehead atoms. The Morgan fingerprint density at radius 1 is 1.10 bits per heavy atom. The summed E-state index contributed by atoms with van der Waals surface area (Å²) in [6.45, 7) is 2.31. The Morgan fingerprint density at radius 2 is 1.81 bits per heavy atom. The molecule has 0 fully saturated rings. The number of aromatic nitrogens is 1. The highest BCUT2D eigenvalue weighted by Crippen LogP contribution is 2.22. The van der Waals surface area contributed by atoms with E-state index in [1.54, 1.807) is 12.1 Å². The molecule has 162 valence electrons. The van der Waals surface area contributed by atoms with Crippen LogP contribution >= 0.6 is 11.6 Å². The standard InChI is InChI=1S/C23H23ClN2O5/c1-16-20(25-22(31-16)18-6-4-3-5-7-18)12-13-30-19-10-8-17(9-11-19)14-26(23(24)28)15-21(27)29-2/h3-11H,12-15H2,1-2H3. The summed E-state index contributed by atoms with van der Waals surface area (Å²) in [5.41, 5.74) is 2.60. The molecule has 0 aliphatic rings. The summed E-state index contributed by atoms with van der Waals surface area (Å²) in [5.74, 6) is 1.52. The molecule has 0 spiro atoms. The second kappa shape index (κ2) is 10.6. The van der Waals surface area contributed by atoms with Gasteiger partial charge >= 0.3 is 11.3 Å². The van der Waals surface area contributed by atoms with Crippen molar-refractivity contribution in [2.75, 3.05) is 20.3 Å². The largest absolute Gasteiger partial charge is 0.493 e. The van der Waals surface area contributed by atoms with Crippen molar-refractivity contribution in [2.45, 2.75) is 19.9 Å². The first kappa shape index (κ1) is 22.4. The van der Waals surface area contributed by atoms with Crippen molar-refractivity contribution in [3.63, 3.8) is 0 Å². The molecule has 31 heavy (non-hydrogen) atoms. The van der Waals surface area contributed by atoms with Crippen LogP contribution in [0.3, 0.4) is 0 Å². The van der Waals surface area contributed by atoms with Gasteiger partial charge in [-0.1, -0.05) is 30.3 Å². The van der Waals surface area contributed by atoms with Gasteiger partial charge in [0.1, 0.15) is 18.1 Å². The number of nitrogens with zero attached hydrogens (tertiary/aromatic N) is 2. The van der Waals surface area contributed by atoms with Gasteiger partial charge in [-0.15, -0.1) is 0 Å². The number of carbonyl (C=O) groups excluding carboxylic acids is 2. The summed E-state index contributed by atoms with van der Waals surface area (Å²) < 4.78 is 16.2. The van der Waals surface area contributed by atoms with Gasteiger partial charge < -0.3 is 18.8 Å². The second-order valence-corrected chi connectivity index (χ2v) is 7.14. The maximum absolute atomic E-state index is 11.5. The zero-order chi connectivity index (χ0) is 22.2. The third kappa shape index (κ3) is 6.33. The summed E-state index contributed by atoms with van der Waals surface area (Å²) >= 11 is 5.55. The van der Waals surface area contributed by atoms with Crippen molar-refractivity contribution < 1.29 is 23.5 Å². The van der Waals surface area contributed by atoms with E-state index in [-0.39, 0.29) is 13.1 Å². The minimum absolute atomic E-state index is 0.193. The van der Waals surface area contributed by atoms with Crippen LogP contribution in [-0.2, 0) is 22.5 Å². The SMILES string of the molecule is COC(=O)CN(Cc1ccc(OCCc2nc(-c3ccccc3)oc2C)cc1)C(=O)Cl. The van der Waals surface area contributed by atoms with Crippen LogP contribution in [0.4, 0.5) is 4.79 Å². The van der Waals surface area contributed by atoms with Crippen LogP contribution in [-0.4, -0.2) is 41.5 Å². The summed E-state index contributed by atoms with van der Waals surface area (Å²) in [5, 5.41) is -0.719. The Bertz CT molecular complexity index is 1020. The lowest BCUT2D eigenvalue weighted by Gasteiger charge is -2.18. The molecule has 0 atom stereocenters. The van der Waals surface area contributed by atoms with Crippen molar-refractivity contribution >= 4 is 22.9 Å². The van der Waals surface area contributed by atoms with Crippen molar-refractivity contribution in [1.29, 1.82) is 0 Å². The number of halogens is 1. The van der Waals surface area contributed by atoms with Gasteiger partial charge in [-0.25, -0.2) is 4.98 Å². The van der Waals surface area contributed by atoms with Gasteiger partial charge in [-0.3, -0.25) is 9.59 Å². The van der Waals surface area contributed by atoms with Gasteiger partial charge in [-0.05, 0) is 48.4 Å². The average molecular weight is 443 g/mol. The van der Waals surface area contributed by atoms with Gasteiger partial charge in [-0.2, -0.15) is 0 Å². The smallest absolute Gasteiger partial charge is 0.325 e. The van der Waals surface area contributed by atoms with Crippen LogP contribution in [0.25, 0.3) is 11.5 Å². The predicted molar refractivity (Wildman–Crippen MR) is 116 cm³/mol. The van der Waals surface area contributed by atoms with Crippen molar-refractivity contribution in [3.05, 3.63) is 71.6 Å². The molecular formula is C23H23ClN2O5. The number of benzene rings is 2. The number of oxazole rings is 1. The minimum atomic E-state index is -0.719. The lowest BCUT2D eigenvalue weighted by atomic mass is 10.2. The normalized spacial score (nSPS) is 10.5. The van der Waals surface area contributed by atoms with Crippen LogP contribution in [0.15, 0.2) is 59.0 Å². The molecule has 0 N–H and O–H groups in total. The van der Waals surface area contributed by atoms with E-state index in [2.05, 4.69) is 9.72 Å². The molecule has 8 heteroatoms. The van der Waals surface area contributed by atoms with E-state index < -0.39 is 11.3 Å². The monoisotopic (exact) mass is 442 g/mol. The number of carbonyl (C=O) groups is 2. The molecule has 0 radical (unpaired) electrons. The van der Waals surface area contributed by atoms with Gasteiger partial charge in [0.15, 0.2) is 0 Å². The van der Waals surface area contributed by atoms with Crippen LogP contribution in [0.2, 0.25) is 0 Å². The van der Waals surface area contributed by atoms with Crippen molar-refractivity contribution in [1.82, 2.24) is 9.88 Å². The Morgan fingerprint density at radius 3 is 2.45 bits per heavy atom. The van der Waals surface area contributed by atoms with Gasteiger partial charge in [0.2, 0.25) is 5.89 Å². The van der Waals surface area contributed by atoms with Crippen LogP contribution in [0.1, 0.15) is 17.0 Å². The van der Waals surface area contributed by atoms with Crippen LogP contribution < -0.4 is 4.74 Å². The maximum atomic E-state index is 11.5. The molecule has 0 saturated heterocycles. The van der Waals surface area contributed by atoms with Gasteiger partial charge in [0.25, 0.3) is 0 Å². The Kier molecular flexibility index (Phi) is 7.67. The molecule has 1 amide bonds. The molecule has 0 aliphatic heterocycles. The number of esters is 1. The molecule has 1 heterocycles. The number of amides is 1. The molecule has 1 aromatic heterocycles. The number of methoxy groups -OCH3 is 1. The number of rotatable bonds is 9. The Labute approximate surface area is 185 Å². The fraction of sp³-hybridized carbons (Fsp3) is 0.261. The quantitative estimate of drug-likeness (QED) is 0.273. The molecule has 0 saturated carbocycles. The molecule has 0 aliphatic carbocycles. The van der Waals surface area contributed by atoms with Crippen molar-refractivity contribution in [2.24, 2.45) is 0 Å². The molecule has 3 aromatic rings. The van der Waals surface area contributed by atoms with E-state index in [0.29, 0.717) is 24.7 Å². The zero-order valence-corrected chi connectivity index (χ0v) is 18.1. The van der Waals surface area contributed by atoms with Crippen LogP contribution in [0, 0.1) is 6.92 Å². The lowest BCUT2D eigenvalue weighted by Crippen LogP contribution is -2.32. The Hall–Kier alpha value is -3.32. The molecule has 0 unspecified atom stereocenters. The number of hydrogen-bond donors (Lipinski definition) is 0. The first-order chi connectivity index (χ1) is 15.0. The van der Waals surface area contributed by atoms with Crippen LogP contribution in [0.5, 0.6) is 5.75 Å². The molecular weight excluding hydrogens is 420 g/mol. The topological polar surface area (TPSA) is 81.9 Å². The van der Waals surface area contributed by atoms with E-state index in [9.17, 15) is 9.59 Å². The van der Waals surface area contributed by atoms with Gasteiger partial charge in [0.05, 0.1) is 19.4 Å². The fourth-order valence-corrected chi connectivity index (χ4v) is 3.06. The zero-order valence-electron chi connectivity index (χ0n) is 17.3. The maximum Gasteiger partial charge on any atom is 0.325 e. The van der Waals surface area contributed by atoms with E-state index in [0.717, 1.165) is 22.6 Å². The number of aryl methyl sites for hydroxylation is 1. The lowest BCUT2D eigenvalue weighted by molar-refractivity contribution is -0.141. The first-order valence-corrected chi connectivity index (χ1v) is 10.1. The number of ether oxygens (including phenoxy) is 2.